The number of aromatic nitrogens is 1. The Bertz CT molecular complexity index is 992. The second kappa shape index (κ2) is 6.49. The smallest absolute Gasteiger partial charge is 0.253 e. The van der Waals surface area contributed by atoms with Gasteiger partial charge in [-0.2, -0.15) is 0 Å². The predicted octanol–water partition coefficient (Wildman–Crippen LogP) is 3.73. The van der Waals surface area contributed by atoms with Gasteiger partial charge in [0.1, 0.15) is 0 Å². The number of hydrogen-bond acceptors (Lipinski definition) is 2. The standard InChI is InChI=1S/C19H17ClN2O2/c1-11-7-12(2)17-13(8-11)9-14(18(23)22-17)10-21-19(24)15-5-3-4-6-16(15)20/h3-9H,10H2,1-2H3,(H,21,24)(H,22,23). The maximum absolute atomic E-state index is 12.3. The molecule has 1 amide bonds. The number of carbonyl (C=O) groups excluding carboxylic acids is 1. The second-order valence-electron chi connectivity index (χ2n) is 5.83. The van der Waals surface area contributed by atoms with E-state index in [9.17, 15) is 9.59 Å². The number of nitrogens with one attached hydrogen (secondary N) is 2. The number of fused-ring (bicyclic) bond motifs is 1. The molecule has 122 valence electrons. The molecule has 1 heterocycles. The Labute approximate surface area is 144 Å². The average Bonchev–Trinajstić information content (AvgIpc) is 2.54. The molecule has 0 saturated carbocycles. The van der Waals surface area contributed by atoms with Gasteiger partial charge in [0.05, 0.1) is 16.1 Å². The summed E-state index contributed by atoms with van der Waals surface area (Å²) in [5.74, 6) is -0.305. The fourth-order valence-electron chi connectivity index (χ4n) is 2.78. The van der Waals surface area contributed by atoms with E-state index in [1.165, 1.54) is 0 Å². The molecule has 0 radical (unpaired) electrons. The van der Waals surface area contributed by atoms with E-state index in [4.69, 9.17) is 11.6 Å². The summed E-state index contributed by atoms with van der Waals surface area (Å²) in [5, 5.41) is 4.08. The molecular weight excluding hydrogens is 324 g/mol. The van der Waals surface area contributed by atoms with Crippen molar-refractivity contribution in [3.8, 4) is 0 Å². The van der Waals surface area contributed by atoms with Crippen LogP contribution in [0.3, 0.4) is 0 Å². The van der Waals surface area contributed by atoms with Crippen LogP contribution in [0.5, 0.6) is 0 Å². The molecule has 0 bridgehead atoms. The van der Waals surface area contributed by atoms with Gasteiger partial charge in [0.15, 0.2) is 0 Å². The third-order valence-electron chi connectivity index (χ3n) is 3.93. The van der Waals surface area contributed by atoms with Crippen molar-refractivity contribution in [3.63, 3.8) is 0 Å². The van der Waals surface area contributed by atoms with Gasteiger partial charge in [0.25, 0.3) is 11.5 Å². The first kappa shape index (κ1) is 16.3. The molecule has 0 atom stereocenters. The highest BCUT2D eigenvalue weighted by Crippen LogP contribution is 2.18. The minimum absolute atomic E-state index is 0.141. The number of rotatable bonds is 3. The van der Waals surface area contributed by atoms with E-state index in [1.807, 2.05) is 32.0 Å². The van der Waals surface area contributed by atoms with Gasteiger partial charge in [-0.25, -0.2) is 0 Å². The van der Waals surface area contributed by atoms with Gasteiger partial charge in [-0.15, -0.1) is 0 Å². The van der Waals surface area contributed by atoms with E-state index < -0.39 is 0 Å². The highest BCUT2D eigenvalue weighted by Gasteiger charge is 2.11. The Kier molecular flexibility index (Phi) is 4.40. The van der Waals surface area contributed by atoms with Crippen LogP contribution in [0.15, 0.2) is 47.3 Å². The summed E-state index contributed by atoms with van der Waals surface area (Å²) in [7, 11) is 0. The topological polar surface area (TPSA) is 62.0 Å². The zero-order valence-corrected chi connectivity index (χ0v) is 14.2. The van der Waals surface area contributed by atoms with Crippen molar-refractivity contribution >= 4 is 28.4 Å². The Hall–Kier alpha value is -2.59. The van der Waals surface area contributed by atoms with E-state index in [1.54, 1.807) is 24.3 Å². The molecule has 0 fully saturated rings. The van der Waals surface area contributed by atoms with E-state index in [2.05, 4.69) is 10.3 Å². The molecule has 24 heavy (non-hydrogen) atoms. The molecule has 0 aliphatic carbocycles. The quantitative estimate of drug-likeness (QED) is 0.763. The number of benzene rings is 2. The maximum atomic E-state index is 12.3. The summed E-state index contributed by atoms with van der Waals surface area (Å²) in [6.45, 7) is 4.11. The summed E-state index contributed by atoms with van der Waals surface area (Å²) in [6.07, 6.45) is 0. The lowest BCUT2D eigenvalue weighted by Gasteiger charge is -2.09. The van der Waals surface area contributed by atoms with Crippen LogP contribution >= 0.6 is 11.6 Å². The van der Waals surface area contributed by atoms with Gasteiger partial charge >= 0.3 is 0 Å². The summed E-state index contributed by atoms with van der Waals surface area (Å²) < 4.78 is 0. The SMILES string of the molecule is Cc1cc(C)c2[nH]c(=O)c(CNC(=O)c3ccccc3Cl)cc2c1. The Balaban J connectivity index is 1.88. The van der Waals surface area contributed by atoms with Crippen molar-refractivity contribution in [2.45, 2.75) is 20.4 Å². The monoisotopic (exact) mass is 340 g/mol. The first-order valence-corrected chi connectivity index (χ1v) is 7.99. The van der Waals surface area contributed by atoms with E-state index in [0.29, 0.717) is 16.1 Å². The van der Waals surface area contributed by atoms with Crippen molar-refractivity contribution in [1.82, 2.24) is 10.3 Å². The first-order valence-electron chi connectivity index (χ1n) is 7.61. The summed E-state index contributed by atoms with van der Waals surface area (Å²) in [6, 6.07) is 12.7. The summed E-state index contributed by atoms with van der Waals surface area (Å²) in [4.78, 5) is 27.4. The number of amides is 1. The van der Waals surface area contributed by atoms with Gasteiger partial charge in [0, 0.05) is 12.1 Å². The molecule has 0 unspecified atom stereocenters. The molecule has 0 saturated heterocycles. The molecular formula is C19H17ClN2O2. The molecule has 1 aromatic heterocycles. The number of halogens is 1. The average molecular weight is 341 g/mol. The largest absolute Gasteiger partial charge is 0.348 e. The molecule has 0 spiro atoms. The van der Waals surface area contributed by atoms with Crippen LogP contribution in [-0.4, -0.2) is 10.9 Å². The lowest BCUT2D eigenvalue weighted by Crippen LogP contribution is -2.27. The molecule has 2 N–H and O–H groups in total. The lowest BCUT2D eigenvalue weighted by molar-refractivity contribution is 0.0951. The highest BCUT2D eigenvalue weighted by molar-refractivity contribution is 6.33. The minimum atomic E-state index is -0.305. The Morgan fingerprint density at radius 1 is 1.17 bits per heavy atom. The van der Waals surface area contributed by atoms with Crippen LogP contribution in [0.2, 0.25) is 5.02 Å². The van der Waals surface area contributed by atoms with Crippen molar-refractivity contribution in [2.75, 3.05) is 0 Å². The van der Waals surface area contributed by atoms with Crippen molar-refractivity contribution in [2.24, 2.45) is 0 Å². The van der Waals surface area contributed by atoms with Gasteiger partial charge < -0.3 is 10.3 Å². The van der Waals surface area contributed by atoms with Gasteiger partial charge in [-0.1, -0.05) is 35.4 Å². The van der Waals surface area contributed by atoms with E-state index in [0.717, 1.165) is 22.0 Å². The van der Waals surface area contributed by atoms with Crippen molar-refractivity contribution in [1.29, 1.82) is 0 Å². The summed E-state index contributed by atoms with van der Waals surface area (Å²) in [5.41, 5.74) is 3.67. The third kappa shape index (κ3) is 3.19. The van der Waals surface area contributed by atoms with E-state index >= 15 is 0 Å². The van der Waals surface area contributed by atoms with Crippen molar-refractivity contribution in [3.05, 3.63) is 80.1 Å². The fourth-order valence-corrected chi connectivity index (χ4v) is 3.00. The third-order valence-corrected chi connectivity index (χ3v) is 4.26. The van der Waals surface area contributed by atoms with Crippen LogP contribution in [0, 0.1) is 13.8 Å². The first-order chi connectivity index (χ1) is 11.5. The van der Waals surface area contributed by atoms with E-state index in [-0.39, 0.29) is 18.0 Å². The molecule has 3 rings (SSSR count). The number of H-pyrrole nitrogens is 1. The Morgan fingerprint density at radius 2 is 1.92 bits per heavy atom. The zero-order valence-electron chi connectivity index (χ0n) is 13.4. The molecule has 3 aromatic rings. The maximum Gasteiger partial charge on any atom is 0.253 e. The minimum Gasteiger partial charge on any atom is -0.348 e. The number of carbonyl (C=O) groups is 1. The second-order valence-corrected chi connectivity index (χ2v) is 6.24. The number of pyridine rings is 1. The van der Waals surface area contributed by atoms with Crippen LogP contribution in [0.1, 0.15) is 27.0 Å². The lowest BCUT2D eigenvalue weighted by atomic mass is 10.1. The number of aryl methyl sites for hydroxylation is 2. The molecule has 4 nitrogen and oxygen atoms in total. The van der Waals surface area contributed by atoms with Gasteiger partial charge in [0.2, 0.25) is 0 Å². The van der Waals surface area contributed by atoms with Crippen LogP contribution < -0.4 is 10.9 Å². The zero-order chi connectivity index (χ0) is 17.3. The van der Waals surface area contributed by atoms with Gasteiger partial charge in [-0.05, 0) is 49.1 Å². The highest BCUT2D eigenvalue weighted by atomic mass is 35.5. The summed E-state index contributed by atoms with van der Waals surface area (Å²) >= 11 is 6.02. The predicted molar refractivity (Wildman–Crippen MR) is 96.7 cm³/mol. The number of hydrogen-bond donors (Lipinski definition) is 2. The molecule has 0 aliphatic rings. The Morgan fingerprint density at radius 3 is 2.67 bits per heavy atom. The molecule has 0 aliphatic heterocycles. The van der Waals surface area contributed by atoms with Crippen LogP contribution in [0.25, 0.3) is 10.9 Å². The normalized spacial score (nSPS) is 10.8. The number of aromatic amines is 1. The van der Waals surface area contributed by atoms with Crippen LogP contribution in [0.4, 0.5) is 0 Å². The molecule has 2 aromatic carbocycles. The van der Waals surface area contributed by atoms with Gasteiger partial charge in [-0.3, -0.25) is 9.59 Å². The fraction of sp³-hybridized carbons (Fsp3) is 0.158. The van der Waals surface area contributed by atoms with Crippen molar-refractivity contribution < 1.29 is 4.79 Å². The molecule has 5 heteroatoms. The van der Waals surface area contributed by atoms with Crippen LogP contribution in [-0.2, 0) is 6.54 Å².